The lowest BCUT2D eigenvalue weighted by molar-refractivity contribution is 0.0182. The Bertz CT molecular complexity index is 151. The van der Waals surface area contributed by atoms with Gasteiger partial charge in [0, 0.05) is 19.2 Å². The Morgan fingerprint density at radius 2 is 1.87 bits per heavy atom. The lowest BCUT2D eigenvalue weighted by atomic mass is 10.0. The van der Waals surface area contributed by atoms with E-state index in [0.29, 0.717) is 31.7 Å². The highest BCUT2D eigenvalue weighted by Crippen LogP contribution is 2.09. The van der Waals surface area contributed by atoms with Gasteiger partial charge >= 0.3 is 0 Å². The molecule has 0 aromatic rings. The predicted octanol–water partition coefficient (Wildman–Crippen LogP) is 1.75. The third-order valence-electron chi connectivity index (χ3n) is 2.58. The van der Waals surface area contributed by atoms with Crippen LogP contribution in [0, 0.1) is 5.92 Å². The van der Waals surface area contributed by atoms with E-state index in [-0.39, 0.29) is 6.10 Å². The minimum atomic E-state index is -0.371. The van der Waals surface area contributed by atoms with Crippen molar-refractivity contribution in [3.8, 4) is 0 Å². The van der Waals surface area contributed by atoms with Crippen LogP contribution < -0.4 is 0 Å². The summed E-state index contributed by atoms with van der Waals surface area (Å²) in [4.78, 5) is 2.20. The molecular formula is C12H27NO2. The van der Waals surface area contributed by atoms with Gasteiger partial charge in [0.2, 0.25) is 0 Å². The molecule has 0 aromatic carbocycles. The largest absolute Gasteiger partial charge is 0.389 e. The Balaban J connectivity index is 3.74. The first-order valence-corrected chi connectivity index (χ1v) is 5.93. The maximum absolute atomic E-state index is 9.67. The molecule has 0 aliphatic carbocycles. The summed E-state index contributed by atoms with van der Waals surface area (Å²) in [6.45, 7) is 10.4. The molecule has 0 spiro atoms. The molecule has 3 nitrogen and oxygen atoms in total. The summed E-state index contributed by atoms with van der Waals surface area (Å²) >= 11 is 0. The van der Waals surface area contributed by atoms with Gasteiger partial charge in [0.05, 0.1) is 12.7 Å². The number of hydrogen-bond donors (Lipinski definition) is 1. The topological polar surface area (TPSA) is 32.7 Å². The summed E-state index contributed by atoms with van der Waals surface area (Å²) < 4.78 is 5.18. The Hall–Kier alpha value is -0.120. The summed E-state index contributed by atoms with van der Waals surface area (Å²) in [5.41, 5.74) is 0. The number of nitrogens with zero attached hydrogens (tertiary/aromatic N) is 1. The second-order valence-corrected chi connectivity index (χ2v) is 4.73. The molecule has 92 valence electrons. The van der Waals surface area contributed by atoms with Gasteiger partial charge in [-0.1, -0.05) is 13.8 Å². The smallest absolute Gasteiger partial charge is 0.0900 e. The fraction of sp³-hybridized carbons (Fsp3) is 1.00. The van der Waals surface area contributed by atoms with E-state index in [1.807, 2.05) is 6.92 Å². The van der Waals surface area contributed by atoms with E-state index >= 15 is 0 Å². The van der Waals surface area contributed by atoms with Crippen LogP contribution in [-0.4, -0.2) is 49.0 Å². The molecule has 0 aromatic heterocycles. The molecule has 0 rings (SSSR count). The summed E-state index contributed by atoms with van der Waals surface area (Å²) in [6, 6.07) is 0.515. The van der Waals surface area contributed by atoms with Gasteiger partial charge in [-0.25, -0.2) is 0 Å². The van der Waals surface area contributed by atoms with Gasteiger partial charge in [0.15, 0.2) is 0 Å². The molecule has 0 fully saturated rings. The van der Waals surface area contributed by atoms with Crippen LogP contribution in [0.1, 0.15) is 34.1 Å². The molecule has 3 heteroatoms. The Kier molecular flexibility index (Phi) is 8.02. The molecule has 0 saturated carbocycles. The maximum atomic E-state index is 9.67. The zero-order valence-corrected chi connectivity index (χ0v) is 10.9. The number of ether oxygens (including phenoxy) is 1. The third kappa shape index (κ3) is 7.77. The van der Waals surface area contributed by atoms with Crippen molar-refractivity contribution in [2.45, 2.75) is 46.3 Å². The van der Waals surface area contributed by atoms with E-state index in [9.17, 15) is 5.11 Å². The van der Waals surface area contributed by atoms with E-state index in [2.05, 4.69) is 32.7 Å². The standard InChI is InChI=1S/C12H27NO2/c1-6-15-9-12(14)8-13(5)11(4)7-10(2)3/h10-12,14H,6-9H2,1-5H3. The Morgan fingerprint density at radius 3 is 2.33 bits per heavy atom. The lowest BCUT2D eigenvalue weighted by Gasteiger charge is -2.28. The molecule has 0 bridgehead atoms. The molecule has 0 heterocycles. The highest BCUT2D eigenvalue weighted by atomic mass is 16.5. The number of aliphatic hydroxyl groups is 1. The number of likely N-dealkylation sites (N-methyl/N-ethyl adjacent to an activating group) is 1. The van der Waals surface area contributed by atoms with Crippen LogP contribution in [0.25, 0.3) is 0 Å². The first-order valence-electron chi connectivity index (χ1n) is 5.93. The quantitative estimate of drug-likeness (QED) is 0.672. The molecule has 15 heavy (non-hydrogen) atoms. The number of hydrogen-bond acceptors (Lipinski definition) is 3. The molecule has 0 aliphatic rings. The highest BCUT2D eigenvalue weighted by molar-refractivity contribution is 4.68. The van der Waals surface area contributed by atoms with Gasteiger partial charge in [0.25, 0.3) is 0 Å². The Labute approximate surface area is 94.4 Å². The van der Waals surface area contributed by atoms with E-state index in [4.69, 9.17) is 4.74 Å². The van der Waals surface area contributed by atoms with Gasteiger partial charge in [-0.3, -0.25) is 0 Å². The Morgan fingerprint density at radius 1 is 1.27 bits per heavy atom. The van der Waals surface area contributed by atoms with Crippen molar-refractivity contribution in [2.24, 2.45) is 5.92 Å². The van der Waals surface area contributed by atoms with E-state index < -0.39 is 0 Å². The lowest BCUT2D eigenvalue weighted by Crippen LogP contribution is -2.38. The minimum absolute atomic E-state index is 0.371. The van der Waals surface area contributed by atoms with Crippen LogP contribution in [0.2, 0.25) is 0 Å². The summed E-state index contributed by atoms with van der Waals surface area (Å²) in [7, 11) is 2.06. The number of aliphatic hydroxyl groups excluding tert-OH is 1. The average Bonchev–Trinajstić information content (AvgIpc) is 2.13. The van der Waals surface area contributed by atoms with Crippen LogP contribution in [-0.2, 0) is 4.74 Å². The maximum Gasteiger partial charge on any atom is 0.0900 e. The second kappa shape index (κ2) is 8.08. The van der Waals surface area contributed by atoms with Gasteiger partial charge in [0.1, 0.15) is 0 Å². The fourth-order valence-corrected chi connectivity index (χ4v) is 1.68. The first kappa shape index (κ1) is 14.9. The SMILES string of the molecule is CCOCC(O)CN(C)C(C)CC(C)C. The minimum Gasteiger partial charge on any atom is -0.389 e. The van der Waals surface area contributed by atoms with Gasteiger partial charge in [-0.2, -0.15) is 0 Å². The normalized spacial score (nSPS) is 16.0. The molecule has 0 amide bonds. The summed E-state index contributed by atoms with van der Waals surface area (Å²) in [5.74, 6) is 0.700. The summed E-state index contributed by atoms with van der Waals surface area (Å²) in [5, 5.41) is 9.67. The molecule has 2 unspecified atom stereocenters. The monoisotopic (exact) mass is 217 g/mol. The molecule has 0 saturated heterocycles. The average molecular weight is 217 g/mol. The van der Waals surface area contributed by atoms with Crippen LogP contribution in [0.5, 0.6) is 0 Å². The van der Waals surface area contributed by atoms with Crippen LogP contribution in [0.15, 0.2) is 0 Å². The van der Waals surface area contributed by atoms with Crippen molar-refractivity contribution in [2.75, 3.05) is 26.8 Å². The van der Waals surface area contributed by atoms with Crippen molar-refractivity contribution in [3.05, 3.63) is 0 Å². The van der Waals surface area contributed by atoms with E-state index in [0.717, 1.165) is 6.42 Å². The van der Waals surface area contributed by atoms with E-state index in [1.165, 1.54) is 0 Å². The second-order valence-electron chi connectivity index (χ2n) is 4.73. The van der Waals surface area contributed by atoms with Crippen LogP contribution in [0.4, 0.5) is 0 Å². The predicted molar refractivity (Wildman–Crippen MR) is 64.0 cm³/mol. The van der Waals surface area contributed by atoms with E-state index in [1.54, 1.807) is 0 Å². The highest BCUT2D eigenvalue weighted by Gasteiger charge is 2.14. The van der Waals surface area contributed by atoms with Gasteiger partial charge in [-0.05, 0) is 33.2 Å². The van der Waals surface area contributed by atoms with Crippen molar-refractivity contribution in [3.63, 3.8) is 0 Å². The van der Waals surface area contributed by atoms with Crippen molar-refractivity contribution in [1.82, 2.24) is 4.90 Å². The van der Waals surface area contributed by atoms with Crippen LogP contribution >= 0.6 is 0 Å². The van der Waals surface area contributed by atoms with Crippen molar-refractivity contribution < 1.29 is 9.84 Å². The molecule has 0 radical (unpaired) electrons. The summed E-state index contributed by atoms with van der Waals surface area (Å²) in [6.07, 6.45) is 0.794. The molecule has 1 N–H and O–H groups in total. The van der Waals surface area contributed by atoms with Crippen LogP contribution in [0.3, 0.4) is 0 Å². The zero-order chi connectivity index (χ0) is 11.8. The zero-order valence-electron chi connectivity index (χ0n) is 10.9. The van der Waals surface area contributed by atoms with Gasteiger partial charge in [-0.15, -0.1) is 0 Å². The van der Waals surface area contributed by atoms with Gasteiger partial charge < -0.3 is 14.7 Å². The molecule has 2 atom stereocenters. The number of rotatable bonds is 8. The molecular weight excluding hydrogens is 190 g/mol. The van der Waals surface area contributed by atoms with Crippen molar-refractivity contribution in [1.29, 1.82) is 0 Å². The molecule has 0 aliphatic heterocycles. The fourth-order valence-electron chi connectivity index (χ4n) is 1.68. The van der Waals surface area contributed by atoms with Crippen molar-refractivity contribution >= 4 is 0 Å². The first-order chi connectivity index (χ1) is 6.97. The third-order valence-corrected chi connectivity index (χ3v) is 2.58.